The van der Waals surface area contributed by atoms with Crippen molar-refractivity contribution >= 4 is 11.6 Å². The number of rotatable bonds is 0. The first-order chi connectivity index (χ1) is 6.68. The van der Waals surface area contributed by atoms with Crippen LogP contribution in [0.25, 0.3) is 0 Å². The molecule has 2 heteroatoms. The van der Waals surface area contributed by atoms with Crippen LogP contribution in [-0.2, 0) is 0 Å². The van der Waals surface area contributed by atoms with Gasteiger partial charge in [-0.1, -0.05) is 37.3 Å². The summed E-state index contributed by atoms with van der Waals surface area (Å²) in [5.74, 6) is 5.46. The third-order valence-electron chi connectivity index (χ3n) is 1.27. The topological polar surface area (TPSA) is 20.2 Å². The molecule has 0 spiro atoms. The summed E-state index contributed by atoms with van der Waals surface area (Å²) < 4.78 is 0. The summed E-state index contributed by atoms with van der Waals surface area (Å²) in [7, 11) is 0. The number of aliphatic hydroxyl groups is 1. The van der Waals surface area contributed by atoms with Gasteiger partial charge in [-0.2, -0.15) is 0 Å². The molecule has 0 bridgehead atoms. The third-order valence-corrected chi connectivity index (χ3v) is 1.52. The van der Waals surface area contributed by atoms with Crippen molar-refractivity contribution in [2.45, 2.75) is 26.9 Å². The second kappa shape index (κ2) is 7.44. The van der Waals surface area contributed by atoms with Crippen molar-refractivity contribution in [3.8, 4) is 11.8 Å². The van der Waals surface area contributed by atoms with Gasteiger partial charge in [-0.3, -0.25) is 0 Å². The van der Waals surface area contributed by atoms with E-state index in [0.717, 1.165) is 5.56 Å². The van der Waals surface area contributed by atoms with Gasteiger partial charge < -0.3 is 5.11 Å². The fraction of sp³-hybridized carbons (Fsp3) is 0.333. The van der Waals surface area contributed by atoms with E-state index in [-0.39, 0.29) is 0 Å². The van der Waals surface area contributed by atoms with Crippen LogP contribution < -0.4 is 0 Å². The normalized spacial score (nSPS) is 10.4. The molecular formula is C12H15ClO. The number of benzene rings is 1. The quantitative estimate of drug-likeness (QED) is 0.653. The molecule has 0 saturated carbocycles. The molecule has 0 aromatic heterocycles. The summed E-state index contributed by atoms with van der Waals surface area (Å²) in [5, 5.41) is 9.56. The minimum absolute atomic E-state index is 0.583. The predicted octanol–water partition coefficient (Wildman–Crippen LogP) is 3.10. The Morgan fingerprint density at radius 1 is 1.21 bits per heavy atom. The molecule has 0 amide bonds. The van der Waals surface area contributed by atoms with Crippen LogP contribution in [0.2, 0.25) is 5.02 Å². The molecule has 0 aliphatic heterocycles. The van der Waals surface area contributed by atoms with Gasteiger partial charge in [-0.05, 0) is 31.2 Å². The SMILES string of the molecule is CC.CC(O)C#Cc1ccc(Cl)cc1. The van der Waals surface area contributed by atoms with E-state index in [1.165, 1.54) is 0 Å². The highest BCUT2D eigenvalue weighted by Gasteiger charge is 1.88. The first kappa shape index (κ1) is 13.0. The van der Waals surface area contributed by atoms with Gasteiger partial charge in [-0.25, -0.2) is 0 Å². The Morgan fingerprint density at radius 2 is 1.71 bits per heavy atom. The van der Waals surface area contributed by atoms with Gasteiger partial charge >= 0.3 is 0 Å². The minimum atomic E-state index is -0.583. The van der Waals surface area contributed by atoms with E-state index in [4.69, 9.17) is 16.7 Å². The van der Waals surface area contributed by atoms with Crippen molar-refractivity contribution in [2.75, 3.05) is 0 Å². The number of hydrogen-bond donors (Lipinski definition) is 1. The van der Waals surface area contributed by atoms with Crippen molar-refractivity contribution in [2.24, 2.45) is 0 Å². The summed E-state index contributed by atoms with van der Waals surface area (Å²) in [6, 6.07) is 7.18. The molecule has 0 aliphatic rings. The highest BCUT2D eigenvalue weighted by molar-refractivity contribution is 6.30. The largest absolute Gasteiger partial charge is 0.381 e. The summed E-state index contributed by atoms with van der Waals surface area (Å²) in [4.78, 5) is 0. The lowest BCUT2D eigenvalue weighted by Gasteiger charge is -1.91. The maximum absolute atomic E-state index is 8.87. The number of halogens is 1. The predicted molar refractivity (Wildman–Crippen MR) is 61.4 cm³/mol. The standard InChI is InChI=1S/C10H9ClO.C2H6/c1-8(12)2-3-9-4-6-10(11)7-5-9;1-2/h4-8,12H,1H3;1-2H3. The molecule has 1 aromatic rings. The molecule has 0 heterocycles. The van der Waals surface area contributed by atoms with E-state index in [1.54, 1.807) is 19.1 Å². The summed E-state index contributed by atoms with van der Waals surface area (Å²) >= 11 is 5.68. The molecule has 0 aliphatic carbocycles. The smallest absolute Gasteiger partial charge is 0.112 e. The fourth-order valence-electron chi connectivity index (χ4n) is 0.721. The number of hydrogen-bond acceptors (Lipinski definition) is 1. The lowest BCUT2D eigenvalue weighted by atomic mass is 10.2. The van der Waals surface area contributed by atoms with Crippen LogP contribution in [0.3, 0.4) is 0 Å². The average Bonchev–Trinajstić information content (AvgIpc) is 2.20. The van der Waals surface area contributed by atoms with Crippen LogP contribution in [0.5, 0.6) is 0 Å². The van der Waals surface area contributed by atoms with Gasteiger partial charge in [0.15, 0.2) is 0 Å². The molecule has 1 rings (SSSR count). The molecule has 1 N–H and O–H groups in total. The van der Waals surface area contributed by atoms with Crippen LogP contribution in [-0.4, -0.2) is 11.2 Å². The molecular weight excluding hydrogens is 196 g/mol. The van der Waals surface area contributed by atoms with Crippen molar-refractivity contribution in [3.05, 3.63) is 34.9 Å². The molecule has 1 unspecified atom stereocenters. The maximum Gasteiger partial charge on any atom is 0.112 e. The first-order valence-electron chi connectivity index (χ1n) is 4.63. The van der Waals surface area contributed by atoms with Gasteiger partial charge in [-0.15, -0.1) is 0 Å². The van der Waals surface area contributed by atoms with E-state index in [0.29, 0.717) is 5.02 Å². The van der Waals surface area contributed by atoms with Crippen LogP contribution in [0, 0.1) is 11.8 Å². The van der Waals surface area contributed by atoms with Crippen molar-refractivity contribution in [3.63, 3.8) is 0 Å². The van der Waals surface area contributed by atoms with Crippen molar-refractivity contribution < 1.29 is 5.11 Å². The van der Waals surface area contributed by atoms with Crippen LogP contribution in [0.15, 0.2) is 24.3 Å². The second-order valence-corrected chi connectivity index (χ2v) is 2.89. The minimum Gasteiger partial charge on any atom is -0.381 e. The molecule has 14 heavy (non-hydrogen) atoms. The summed E-state index contributed by atoms with van der Waals surface area (Å²) in [6.07, 6.45) is -0.583. The molecule has 1 nitrogen and oxygen atoms in total. The lowest BCUT2D eigenvalue weighted by Crippen LogP contribution is -1.92. The summed E-state index contributed by atoms with van der Waals surface area (Å²) in [6.45, 7) is 5.63. The Labute approximate surface area is 90.7 Å². The molecule has 76 valence electrons. The molecule has 0 saturated heterocycles. The Kier molecular flexibility index (Phi) is 6.92. The average molecular weight is 211 g/mol. The lowest BCUT2D eigenvalue weighted by molar-refractivity contribution is 0.253. The molecule has 0 fully saturated rings. The van der Waals surface area contributed by atoms with Crippen molar-refractivity contribution in [1.29, 1.82) is 0 Å². The van der Waals surface area contributed by atoms with E-state index in [9.17, 15) is 0 Å². The van der Waals surface area contributed by atoms with E-state index in [2.05, 4.69) is 11.8 Å². The Bertz CT molecular complexity index is 303. The van der Waals surface area contributed by atoms with E-state index < -0.39 is 6.10 Å². The van der Waals surface area contributed by atoms with Crippen molar-refractivity contribution in [1.82, 2.24) is 0 Å². The van der Waals surface area contributed by atoms with Crippen LogP contribution in [0.1, 0.15) is 26.3 Å². The molecule has 0 radical (unpaired) electrons. The molecule has 1 aromatic carbocycles. The third kappa shape index (κ3) is 5.64. The Morgan fingerprint density at radius 3 is 2.14 bits per heavy atom. The Hall–Kier alpha value is -0.970. The first-order valence-corrected chi connectivity index (χ1v) is 5.01. The summed E-state index contributed by atoms with van der Waals surface area (Å²) in [5.41, 5.74) is 0.861. The van der Waals surface area contributed by atoms with Gasteiger partial charge in [0.25, 0.3) is 0 Å². The highest BCUT2D eigenvalue weighted by atomic mass is 35.5. The highest BCUT2D eigenvalue weighted by Crippen LogP contribution is 2.08. The maximum atomic E-state index is 8.87. The monoisotopic (exact) mass is 210 g/mol. The Balaban J connectivity index is 0.000000791. The second-order valence-electron chi connectivity index (χ2n) is 2.45. The van der Waals surface area contributed by atoms with E-state index in [1.807, 2.05) is 26.0 Å². The van der Waals surface area contributed by atoms with Crippen LogP contribution in [0.4, 0.5) is 0 Å². The fourth-order valence-corrected chi connectivity index (χ4v) is 0.847. The zero-order valence-electron chi connectivity index (χ0n) is 8.71. The van der Waals surface area contributed by atoms with Crippen LogP contribution >= 0.6 is 11.6 Å². The zero-order valence-corrected chi connectivity index (χ0v) is 9.47. The number of aliphatic hydroxyl groups excluding tert-OH is 1. The molecule has 1 atom stereocenters. The zero-order chi connectivity index (χ0) is 11.0. The van der Waals surface area contributed by atoms with E-state index >= 15 is 0 Å². The van der Waals surface area contributed by atoms with Gasteiger partial charge in [0.1, 0.15) is 6.10 Å². The van der Waals surface area contributed by atoms with Gasteiger partial charge in [0.05, 0.1) is 0 Å². The van der Waals surface area contributed by atoms with Gasteiger partial charge in [0.2, 0.25) is 0 Å². The van der Waals surface area contributed by atoms with Gasteiger partial charge in [0, 0.05) is 10.6 Å².